The van der Waals surface area contributed by atoms with E-state index in [0.717, 1.165) is 57.8 Å². The van der Waals surface area contributed by atoms with Gasteiger partial charge in [-0.3, -0.25) is 14.7 Å². The van der Waals surface area contributed by atoms with E-state index in [1.165, 1.54) is 0 Å². The molecule has 5 nitrogen and oxygen atoms in total. The smallest absolute Gasteiger partial charge is 0.120 e. The molecule has 0 aromatic heterocycles. The average molecular weight is 345 g/mol. The Morgan fingerprint density at radius 3 is 2.56 bits per heavy atom. The summed E-state index contributed by atoms with van der Waals surface area (Å²) in [7, 11) is 0. The van der Waals surface area contributed by atoms with Gasteiger partial charge in [0.25, 0.3) is 0 Å². The summed E-state index contributed by atoms with van der Waals surface area (Å²) in [5.74, 6) is 1.07. The molecule has 5 heteroatoms. The van der Waals surface area contributed by atoms with Crippen molar-refractivity contribution in [3.05, 3.63) is 29.8 Å². The lowest BCUT2D eigenvalue weighted by molar-refractivity contribution is -0.118. The fourth-order valence-electron chi connectivity index (χ4n) is 5.24. The number of likely N-dealkylation sites (tertiary alicyclic amines) is 1. The van der Waals surface area contributed by atoms with Crippen molar-refractivity contribution in [2.45, 2.75) is 44.5 Å². The number of phenols is 1. The van der Waals surface area contributed by atoms with Crippen molar-refractivity contribution in [2.24, 2.45) is 5.92 Å². The van der Waals surface area contributed by atoms with Crippen LogP contribution in [-0.2, 0) is 6.54 Å². The van der Waals surface area contributed by atoms with Crippen molar-refractivity contribution in [1.82, 2.24) is 14.7 Å². The number of piperazine rings is 1. The minimum absolute atomic E-state index is 0.173. The molecule has 3 aliphatic rings. The molecule has 0 amide bonds. The van der Waals surface area contributed by atoms with Gasteiger partial charge in [0.05, 0.1) is 11.6 Å². The summed E-state index contributed by atoms with van der Waals surface area (Å²) in [5.41, 5.74) is 1.19. The average Bonchev–Trinajstić information content (AvgIpc) is 2.88. The maximum Gasteiger partial charge on any atom is 0.120 e. The summed E-state index contributed by atoms with van der Waals surface area (Å²) < 4.78 is 0. The van der Waals surface area contributed by atoms with Gasteiger partial charge in [-0.15, -0.1) is 0 Å². The predicted octanol–water partition coefficient (Wildman–Crippen LogP) is 1.35. The first-order valence-electron chi connectivity index (χ1n) is 9.61. The van der Waals surface area contributed by atoms with E-state index in [0.29, 0.717) is 17.7 Å². The lowest BCUT2D eigenvalue weighted by Crippen LogP contribution is -2.77. The van der Waals surface area contributed by atoms with Crippen LogP contribution in [0.25, 0.3) is 0 Å². The molecule has 3 aliphatic heterocycles. The highest BCUT2D eigenvalue weighted by Gasteiger charge is 2.55. The Kier molecular flexibility index (Phi) is 4.52. The monoisotopic (exact) mass is 345 g/mol. The van der Waals surface area contributed by atoms with E-state index in [1.54, 1.807) is 6.07 Å². The number of aromatic hydroxyl groups is 1. The number of para-hydroxylation sites is 1. The molecule has 0 saturated carbocycles. The first-order valence-corrected chi connectivity index (χ1v) is 9.61. The van der Waals surface area contributed by atoms with E-state index < -0.39 is 0 Å². The molecule has 2 atom stereocenters. The van der Waals surface area contributed by atoms with Gasteiger partial charge in [0, 0.05) is 57.4 Å². The van der Waals surface area contributed by atoms with Gasteiger partial charge in [0.15, 0.2) is 0 Å². The number of aliphatic hydroxyl groups is 1. The van der Waals surface area contributed by atoms with Crippen molar-refractivity contribution in [2.75, 3.05) is 39.3 Å². The minimum atomic E-state index is -0.173. The van der Waals surface area contributed by atoms with Gasteiger partial charge in [0.1, 0.15) is 5.75 Å². The number of hydrogen-bond acceptors (Lipinski definition) is 5. The predicted molar refractivity (Wildman–Crippen MR) is 98.5 cm³/mol. The van der Waals surface area contributed by atoms with Crippen LogP contribution in [0, 0.1) is 5.92 Å². The SMILES string of the molecule is CC(C)CN1C[C@@H]2C[C@@H](O)CN2C2(C1)CN(Cc1ccccc1O)C2. The zero-order valence-electron chi connectivity index (χ0n) is 15.4. The summed E-state index contributed by atoms with van der Waals surface area (Å²) in [6.07, 6.45) is 0.739. The molecule has 0 aliphatic carbocycles. The molecule has 138 valence electrons. The Labute approximate surface area is 150 Å². The number of nitrogens with zero attached hydrogens (tertiary/aromatic N) is 3. The molecule has 0 radical (unpaired) electrons. The third-order valence-electron chi connectivity index (χ3n) is 6.03. The van der Waals surface area contributed by atoms with E-state index >= 15 is 0 Å². The van der Waals surface area contributed by atoms with Gasteiger partial charge in [-0.25, -0.2) is 0 Å². The summed E-state index contributed by atoms with van der Waals surface area (Å²) in [6.45, 7) is 11.6. The third kappa shape index (κ3) is 3.31. The molecule has 0 bridgehead atoms. The standard InChI is InChI=1S/C20H31N3O2/c1-15(2)8-21-10-17-7-18(24)11-23(17)20(12-21)13-22(14-20)9-16-5-3-4-6-19(16)25/h3-6,15,17-18,24-25H,7-14H2,1-2H3/t17-,18+/m0/s1. The van der Waals surface area contributed by atoms with Gasteiger partial charge in [0.2, 0.25) is 0 Å². The minimum Gasteiger partial charge on any atom is -0.508 e. The molecule has 3 saturated heterocycles. The van der Waals surface area contributed by atoms with Gasteiger partial charge in [-0.2, -0.15) is 0 Å². The van der Waals surface area contributed by atoms with E-state index in [4.69, 9.17) is 0 Å². The number of benzene rings is 1. The highest BCUT2D eigenvalue weighted by atomic mass is 16.3. The summed E-state index contributed by atoms with van der Waals surface area (Å²) >= 11 is 0. The number of β-amino-alcohol motifs (C(OH)–C–C–N with tert-alkyl or cyclic N) is 1. The highest BCUT2D eigenvalue weighted by molar-refractivity contribution is 5.32. The zero-order valence-corrected chi connectivity index (χ0v) is 15.4. The molecule has 2 N–H and O–H groups in total. The van der Waals surface area contributed by atoms with E-state index in [-0.39, 0.29) is 11.6 Å². The molecule has 25 heavy (non-hydrogen) atoms. The quantitative estimate of drug-likeness (QED) is 0.863. The van der Waals surface area contributed by atoms with Gasteiger partial charge in [-0.05, 0) is 18.4 Å². The maximum absolute atomic E-state index is 10.2. The number of fused-ring (bicyclic) bond motifs is 2. The van der Waals surface area contributed by atoms with Crippen LogP contribution < -0.4 is 0 Å². The number of aliphatic hydroxyl groups excluding tert-OH is 1. The fraction of sp³-hybridized carbons (Fsp3) is 0.700. The van der Waals surface area contributed by atoms with Crippen LogP contribution in [0.3, 0.4) is 0 Å². The van der Waals surface area contributed by atoms with Gasteiger partial charge < -0.3 is 10.2 Å². The second-order valence-electron chi connectivity index (χ2n) is 8.78. The number of phenolic OH excluding ortho intramolecular Hbond substituents is 1. The van der Waals surface area contributed by atoms with E-state index in [9.17, 15) is 10.2 Å². The molecule has 0 unspecified atom stereocenters. The Morgan fingerprint density at radius 2 is 1.84 bits per heavy atom. The molecule has 4 rings (SSSR count). The van der Waals surface area contributed by atoms with Crippen molar-refractivity contribution in [3.63, 3.8) is 0 Å². The van der Waals surface area contributed by atoms with Crippen LogP contribution in [0.5, 0.6) is 5.75 Å². The highest BCUT2D eigenvalue weighted by Crippen LogP contribution is 2.40. The van der Waals surface area contributed by atoms with Crippen LogP contribution in [0.2, 0.25) is 0 Å². The van der Waals surface area contributed by atoms with E-state index in [2.05, 4.69) is 28.5 Å². The molecule has 3 fully saturated rings. The first kappa shape index (κ1) is 17.3. The van der Waals surface area contributed by atoms with Crippen molar-refractivity contribution in [1.29, 1.82) is 0 Å². The van der Waals surface area contributed by atoms with E-state index in [1.807, 2.05) is 18.2 Å². The van der Waals surface area contributed by atoms with Crippen LogP contribution in [0.15, 0.2) is 24.3 Å². The second kappa shape index (κ2) is 6.54. The number of hydrogen-bond donors (Lipinski definition) is 2. The fourth-order valence-corrected chi connectivity index (χ4v) is 5.24. The molecular formula is C20H31N3O2. The second-order valence-corrected chi connectivity index (χ2v) is 8.78. The molecule has 1 aromatic carbocycles. The van der Waals surface area contributed by atoms with Crippen LogP contribution in [-0.4, -0.2) is 81.9 Å². The molecule has 1 spiro atoms. The van der Waals surface area contributed by atoms with Crippen molar-refractivity contribution in [3.8, 4) is 5.75 Å². The lowest BCUT2D eigenvalue weighted by atomic mass is 9.83. The summed E-state index contributed by atoms with van der Waals surface area (Å²) in [6, 6.07) is 8.13. The van der Waals surface area contributed by atoms with Crippen LogP contribution >= 0.6 is 0 Å². The van der Waals surface area contributed by atoms with Gasteiger partial charge in [-0.1, -0.05) is 32.0 Å². The Balaban J connectivity index is 1.45. The molecular weight excluding hydrogens is 314 g/mol. The summed E-state index contributed by atoms with van der Waals surface area (Å²) in [4.78, 5) is 7.63. The lowest BCUT2D eigenvalue weighted by Gasteiger charge is -2.61. The van der Waals surface area contributed by atoms with Crippen molar-refractivity contribution < 1.29 is 10.2 Å². The third-order valence-corrected chi connectivity index (χ3v) is 6.03. The molecule has 1 aromatic rings. The Bertz CT molecular complexity index is 615. The largest absolute Gasteiger partial charge is 0.508 e. The summed E-state index contributed by atoms with van der Waals surface area (Å²) in [5, 5.41) is 20.2. The van der Waals surface area contributed by atoms with Crippen LogP contribution in [0.1, 0.15) is 25.8 Å². The normalized spacial score (nSPS) is 29.9. The maximum atomic E-state index is 10.2. The topological polar surface area (TPSA) is 50.2 Å². The van der Waals surface area contributed by atoms with Gasteiger partial charge >= 0.3 is 0 Å². The number of rotatable bonds is 4. The molecule has 3 heterocycles. The Hall–Kier alpha value is -1.14. The Morgan fingerprint density at radius 1 is 1.12 bits per heavy atom. The first-order chi connectivity index (χ1) is 11.9. The van der Waals surface area contributed by atoms with Crippen LogP contribution in [0.4, 0.5) is 0 Å². The zero-order chi connectivity index (χ0) is 17.6. The van der Waals surface area contributed by atoms with Crippen molar-refractivity contribution >= 4 is 0 Å².